The minimum Gasteiger partial charge on any atom is -0.496 e. The quantitative estimate of drug-likeness (QED) is 0.533. The SMILES string of the molecule is C=CCO/C1=C/CO/C=C/C#CCC=CC1. The molecular formula is C14H16O2. The summed E-state index contributed by atoms with van der Waals surface area (Å²) >= 11 is 0. The van der Waals surface area contributed by atoms with Gasteiger partial charge >= 0.3 is 0 Å². The van der Waals surface area contributed by atoms with Gasteiger partial charge in [0.25, 0.3) is 0 Å². The first-order valence-electron chi connectivity index (χ1n) is 5.26. The minimum absolute atomic E-state index is 0.499. The van der Waals surface area contributed by atoms with E-state index in [9.17, 15) is 0 Å². The molecule has 0 N–H and O–H groups in total. The van der Waals surface area contributed by atoms with Crippen LogP contribution in [0.25, 0.3) is 0 Å². The Bertz CT molecular complexity index is 351. The van der Waals surface area contributed by atoms with E-state index < -0.39 is 0 Å². The predicted molar refractivity (Wildman–Crippen MR) is 65.5 cm³/mol. The van der Waals surface area contributed by atoms with Gasteiger partial charge in [-0.25, -0.2) is 0 Å². The van der Waals surface area contributed by atoms with Gasteiger partial charge in [-0.15, -0.1) is 0 Å². The van der Waals surface area contributed by atoms with Crippen LogP contribution >= 0.6 is 0 Å². The van der Waals surface area contributed by atoms with Gasteiger partial charge in [0, 0.05) is 18.9 Å². The molecule has 0 aromatic carbocycles. The van der Waals surface area contributed by atoms with Crippen molar-refractivity contribution in [3.05, 3.63) is 49.0 Å². The average Bonchev–Trinajstić information content (AvgIpc) is 2.28. The first-order valence-corrected chi connectivity index (χ1v) is 5.26. The first-order chi connectivity index (χ1) is 7.93. The fraction of sp³-hybridized carbons (Fsp3) is 0.286. The van der Waals surface area contributed by atoms with Crippen molar-refractivity contribution in [2.45, 2.75) is 12.8 Å². The van der Waals surface area contributed by atoms with Crippen molar-refractivity contribution < 1.29 is 9.47 Å². The molecule has 0 radical (unpaired) electrons. The summed E-state index contributed by atoms with van der Waals surface area (Å²) in [5, 5.41) is 0. The zero-order valence-electron chi connectivity index (χ0n) is 9.32. The van der Waals surface area contributed by atoms with Crippen molar-refractivity contribution in [1.82, 2.24) is 0 Å². The zero-order chi connectivity index (χ0) is 11.5. The summed E-state index contributed by atoms with van der Waals surface area (Å²) in [4.78, 5) is 0. The van der Waals surface area contributed by atoms with Crippen LogP contribution in [0.4, 0.5) is 0 Å². The summed E-state index contributed by atoms with van der Waals surface area (Å²) in [5.41, 5.74) is 0. The third-order valence-electron chi connectivity index (χ3n) is 1.85. The Morgan fingerprint density at radius 2 is 2.44 bits per heavy atom. The second-order valence-electron chi connectivity index (χ2n) is 3.11. The van der Waals surface area contributed by atoms with Crippen LogP contribution in [0.5, 0.6) is 0 Å². The number of ether oxygens (including phenoxy) is 2. The minimum atomic E-state index is 0.499. The van der Waals surface area contributed by atoms with E-state index in [4.69, 9.17) is 9.47 Å². The number of hydrogen-bond donors (Lipinski definition) is 0. The van der Waals surface area contributed by atoms with Crippen molar-refractivity contribution in [3.8, 4) is 11.8 Å². The molecule has 0 spiro atoms. The molecule has 1 aliphatic heterocycles. The van der Waals surface area contributed by atoms with E-state index in [0.717, 1.165) is 18.6 Å². The van der Waals surface area contributed by atoms with Gasteiger partial charge in [-0.2, -0.15) is 0 Å². The van der Waals surface area contributed by atoms with E-state index in [1.165, 1.54) is 0 Å². The Hall–Kier alpha value is -1.88. The second-order valence-corrected chi connectivity index (χ2v) is 3.11. The van der Waals surface area contributed by atoms with E-state index in [2.05, 4.69) is 24.5 Å². The highest BCUT2D eigenvalue weighted by Crippen LogP contribution is 2.06. The second kappa shape index (κ2) is 8.43. The zero-order valence-corrected chi connectivity index (χ0v) is 9.32. The summed E-state index contributed by atoms with van der Waals surface area (Å²) in [7, 11) is 0. The van der Waals surface area contributed by atoms with Crippen LogP contribution in [0, 0.1) is 11.8 Å². The molecule has 0 bridgehead atoms. The Kier molecular flexibility index (Phi) is 6.42. The molecule has 0 fully saturated rings. The van der Waals surface area contributed by atoms with Gasteiger partial charge < -0.3 is 9.47 Å². The fourth-order valence-electron chi connectivity index (χ4n) is 1.11. The summed E-state index contributed by atoms with van der Waals surface area (Å²) in [6.07, 6.45) is 12.6. The Labute approximate surface area is 96.9 Å². The number of hydrogen-bond acceptors (Lipinski definition) is 2. The third-order valence-corrected chi connectivity index (χ3v) is 1.85. The van der Waals surface area contributed by atoms with Gasteiger partial charge in [0.2, 0.25) is 0 Å². The molecule has 16 heavy (non-hydrogen) atoms. The van der Waals surface area contributed by atoms with Crippen molar-refractivity contribution in [1.29, 1.82) is 0 Å². The summed E-state index contributed by atoms with van der Waals surface area (Å²) < 4.78 is 10.7. The lowest BCUT2D eigenvalue weighted by Crippen LogP contribution is -1.94. The smallest absolute Gasteiger partial charge is 0.109 e. The first kappa shape index (κ1) is 12.2. The predicted octanol–water partition coefficient (Wildman–Crippen LogP) is 2.96. The van der Waals surface area contributed by atoms with Crippen LogP contribution in [0.15, 0.2) is 49.0 Å². The van der Waals surface area contributed by atoms with Gasteiger partial charge in [-0.3, -0.25) is 0 Å². The molecular weight excluding hydrogens is 200 g/mol. The van der Waals surface area contributed by atoms with Gasteiger partial charge in [0.05, 0.1) is 12.0 Å². The maximum absolute atomic E-state index is 5.49. The van der Waals surface area contributed by atoms with Crippen LogP contribution in [0.1, 0.15) is 12.8 Å². The molecule has 1 rings (SSSR count). The molecule has 2 heteroatoms. The molecule has 0 amide bonds. The van der Waals surface area contributed by atoms with Gasteiger partial charge in [0.15, 0.2) is 0 Å². The third kappa shape index (κ3) is 5.77. The lowest BCUT2D eigenvalue weighted by molar-refractivity contribution is 0.230. The molecule has 0 aromatic heterocycles. The van der Waals surface area contributed by atoms with Crippen LogP contribution in [-0.2, 0) is 9.47 Å². The highest BCUT2D eigenvalue weighted by atomic mass is 16.5. The molecule has 1 heterocycles. The summed E-state index contributed by atoms with van der Waals surface area (Å²) in [5.74, 6) is 6.76. The van der Waals surface area contributed by atoms with Crippen molar-refractivity contribution in [2.75, 3.05) is 13.2 Å². The van der Waals surface area contributed by atoms with Crippen LogP contribution in [0.2, 0.25) is 0 Å². The monoisotopic (exact) mass is 216 g/mol. The van der Waals surface area contributed by atoms with Gasteiger partial charge in [0.1, 0.15) is 13.2 Å². The average molecular weight is 216 g/mol. The molecule has 84 valence electrons. The van der Waals surface area contributed by atoms with Crippen molar-refractivity contribution >= 4 is 0 Å². The fourth-order valence-corrected chi connectivity index (χ4v) is 1.11. The summed E-state index contributed by atoms with van der Waals surface area (Å²) in [6.45, 7) is 4.64. The lowest BCUT2D eigenvalue weighted by Gasteiger charge is -2.06. The molecule has 0 saturated heterocycles. The number of rotatable bonds is 3. The largest absolute Gasteiger partial charge is 0.496 e. The molecule has 0 aromatic rings. The van der Waals surface area contributed by atoms with Crippen LogP contribution < -0.4 is 0 Å². The standard InChI is InChI=1S/C14H16O2/c1-2-11-16-14-9-7-5-3-4-6-8-12-15-13-10-14/h2,5,7-8,10,12H,1,3,9,11,13H2/b7-5?,12-8+,14-10+. The van der Waals surface area contributed by atoms with E-state index in [0.29, 0.717) is 13.2 Å². The molecule has 0 unspecified atom stereocenters. The van der Waals surface area contributed by atoms with E-state index in [1.807, 2.05) is 12.2 Å². The number of allylic oxidation sites excluding steroid dienone is 3. The Morgan fingerprint density at radius 1 is 1.50 bits per heavy atom. The van der Waals surface area contributed by atoms with Gasteiger partial charge in [-0.05, 0) is 6.08 Å². The van der Waals surface area contributed by atoms with Crippen molar-refractivity contribution in [2.24, 2.45) is 0 Å². The highest BCUT2D eigenvalue weighted by molar-refractivity contribution is 5.16. The summed E-state index contributed by atoms with van der Waals surface area (Å²) in [6, 6.07) is 0. The molecule has 0 aliphatic carbocycles. The van der Waals surface area contributed by atoms with Gasteiger partial charge in [-0.1, -0.05) is 36.6 Å². The Morgan fingerprint density at radius 3 is 3.31 bits per heavy atom. The lowest BCUT2D eigenvalue weighted by atomic mass is 10.2. The van der Waals surface area contributed by atoms with E-state index in [1.54, 1.807) is 18.4 Å². The molecule has 0 saturated carbocycles. The topological polar surface area (TPSA) is 18.5 Å². The molecule has 2 nitrogen and oxygen atoms in total. The maximum Gasteiger partial charge on any atom is 0.109 e. The van der Waals surface area contributed by atoms with E-state index >= 15 is 0 Å². The maximum atomic E-state index is 5.49. The Balaban J connectivity index is 2.56. The molecule has 1 aliphatic rings. The van der Waals surface area contributed by atoms with Crippen LogP contribution in [-0.4, -0.2) is 13.2 Å². The van der Waals surface area contributed by atoms with E-state index in [-0.39, 0.29) is 0 Å². The van der Waals surface area contributed by atoms with Crippen molar-refractivity contribution in [3.63, 3.8) is 0 Å². The molecule has 0 atom stereocenters. The normalized spacial score (nSPS) is 20.9. The van der Waals surface area contributed by atoms with Crippen LogP contribution in [0.3, 0.4) is 0 Å². The highest BCUT2D eigenvalue weighted by Gasteiger charge is 1.94.